The summed E-state index contributed by atoms with van der Waals surface area (Å²) < 4.78 is 0. The van der Waals surface area contributed by atoms with Crippen LogP contribution >= 0.6 is 0 Å². The minimum atomic E-state index is -0.0917. The number of anilines is 1. The molecular weight excluding hydrogens is 292 g/mol. The highest BCUT2D eigenvalue weighted by molar-refractivity contribution is 5.76. The van der Waals surface area contributed by atoms with E-state index in [1.165, 1.54) is 18.2 Å². The van der Waals surface area contributed by atoms with Gasteiger partial charge in [-0.1, -0.05) is 30.3 Å². The highest BCUT2D eigenvalue weighted by Crippen LogP contribution is 2.33. The van der Waals surface area contributed by atoms with E-state index in [4.69, 9.17) is 5.73 Å². The van der Waals surface area contributed by atoms with Crippen molar-refractivity contribution in [3.63, 3.8) is 0 Å². The Morgan fingerprint density at radius 3 is 2.43 bits per heavy atom. The molecule has 3 aromatic rings. The molecule has 0 spiro atoms. The van der Waals surface area contributed by atoms with Crippen molar-refractivity contribution in [1.82, 2.24) is 9.97 Å². The molecule has 2 aromatic carbocycles. The van der Waals surface area contributed by atoms with Gasteiger partial charge in [-0.15, -0.1) is 0 Å². The summed E-state index contributed by atoms with van der Waals surface area (Å²) in [4.78, 5) is 8.44. The van der Waals surface area contributed by atoms with Crippen LogP contribution in [0.1, 0.15) is 5.56 Å². The summed E-state index contributed by atoms with van der Waals surface area (Å²) >= 11 is 0. The number of hydrogen-bond donors (Lipinski definition) is 3. The van der Waals surface area contributed by atoms with Crippen LogP contribution in [-0.4, -0.2) is 20.2 Å². The van der Waals surface area contributed by atoms with Crippen molar-refractivity contribution in [1.29, 1.82) is 5.26 Å². The maximum Gasteiger partial charge on any atom is 0.166 e. The number of nitriles is 1. The minimum Gasteiger partial charge on any atom is -0.508 e. The van der Waals surface area contributed by atoms with Crippen LogP contribution in [0.3, 0.4) is 0 Å². The van der Waals surface area contributed by atoms with Gasteiger partial charge in [0.15, 0.2) is 5.82 Å². The highest BCUT2D eigenvalue weighted by atomic mass is 16.3. The average Bonchev–Trinajstić information content (AvgIpc) is 2.57. The van der Waals surface area contributed by atoms with Crippen molar-refractivity contribution in [2.75, 3.05) is 5.73 Å². The molecule has 1 heterocycles. The van der Waals surface area contributed by atoms with Gasteiger partial charge in [-0.25, -0.2) is 9.97 Å². The van der Waals surface area contributed by atoms with Crippen molar-refractivity contribution in [2.24, 2.45) is 0 Å². The zero-order chi connectivity index (χ0) is 16.4. The Balaban J connectivity index is 2.27. The smallest absolute Gasteiger partial charge is 0.166 e. The second kappa shape index (κ2) is 5.66. The van der Waals surface area contributed by atoms with Crippen molar-refractivity contribution in [3.8, 4) is 40.2 Å². The Bertz CT molecular complexity index is 918. The van der Waals surface area contributed by atoms with Crippen LogP contribution in [0, 0.1) is 11.3 Å². The Kier molecular flexibility index (Phi) is 3.53. The topological polar surface area (TPSA) is 116 Å². The van der Waals surface area contributed by atoms with E-state index in [-0.39, 0.29) is 34.3 Å². The summed E-state index contributed by atoms with van der Waals surface area (Å²) in [5.74, 6) is 0.0179. The van der Waals surface area contributed by atoms with Gasteiger partial charge in [-0.2, -0.15) is 5.26 Å². The number of nitrogens with two attached hydrogens (primary N) is 1. The molecule has 6 heteroatoms. The molecule has 0 atom stereocenters. The molecule has 0 unspecified atom stereocenters. The lowest BCUT2D eigenvalue weighted by Gasteiger charge is -2.10. The maximum absolute atomic E-state index is 9.97. The van der Waals surface area contributed by atoms with Gasteiger partial charge in [0, 0.05) is 5.56 Å². The van der Waals surface area contributed by atoms with Gasteiger partial charge in [0.1, 0.15) is 28.9 Å². The lowest BCUT2D eigenvalue weighted by molar-refractivity contribution is 0.461. The standard InChI is InChI=1S/C17H12N4O2/c18-9-13-15(10-4-2-1-3-5-10)20-17(21-16(13)19)12-8-11(22)6-7-14(12)23/h1-8,22-23H,(H2,19,20,21). The Morgan fingerprint density at radius 2 is 1.74 bits per heavy atom. The van der Waals surface area contributed by atoms with E-state index in [0.29, 0.717) is 11.3 Å². The number of benzene rings is 2. The Morgan fingerprint density at radius 1 is 1.00 bits per heavy atom. The van der Waals surface area contributed by atoms with Gasteiger partial charge in [0.25, 0.3) is 0 Å². The van der Waals surface area contributed by atoms with Gasteiger partial charge >= 0.3 is 0 Å². The molecule has 112 valence electrons. The summed E-state index contributed by atoms with van der Waals surface area (Å²) in [6.07, 6.45) is 0. The van der Waals surface area contributed by atoms with Crippen LogP contribution in [-0.2, 0) is 0 Å². The lowest BCUT2D eigenvalue weighted by Crippen LogP contribution is -2.03. The fourth-order valence-electron chi connectivity index (χ4n) is 2.22. The largest absolute Gasteiger partial charge is 0.508 e. The van der Waals surface area contributed by atoms with Gasteiger partial charge in [0.2, 0.25) is 0 Å². The first-order valence-corrected chi connectivity index (χ1v) is 6.75. The number of phenolic OH excluding ortho intramolecular Hbond substituents is 2. The van der Waals surface area contributed by atoms with Gasteiger partial charge in [-0.05, 0) is 18.2 Å². The second-order valence-electron chi connectivity index (χ2n) is 4.84. The fraction of sp³-hybridized carbons (Fsp3) is 0. The number of nitrogen functional groups attached to an aromatic ring is 1. The van der Waals surface area contributed by atoms with E-state index in [2.05, 4.69) is 9.97 Å². The van der Waals surface area contributed by atoms with Gasteiger partial charge in [-0.3, -0.25) is 0 Å². The minimum absolute atomic E-state index is 0.0131. The molecule has 6 nitrogen and oxygen atoms in total. The van der Waals surface area contributed by atoms with E-state index in [1.807, 2.05) is 24.3 Å². The molecule has 0 fully saturated rings. The summed E-state index contributed by atoms with van der Waals surface area (Å²) in [7, 11) is 0. The lowest BCUT2D eigenvalue weighted by atomic mass is 10.1. The van der Waals surface area contributed by atoms with E-state index < -0.39 is 0 Å². The van der Waals surface area contributed by atoms with E-state index in [0.717, 1.165) is 0 Å². The molecule has 0 aliphatic carbocycles. The quantitative estimate of drug-likeness (QED) is 0.627. The van der Waals surface area contributed by atoms with Crippen molar-refractivity contribution in [2.45, 2.75) is 0 Å². The third kappa shape index (κ3) is 2.63. The number of rotatable bonds is 2. The molecule has 0 bridgehead atoms. The van der Waals surface area contributed by atoms with Crippen LogP contribution in [0.2, 0.25) is 0 Å². The monoisotopic (exact) mass is 304 g/mol. The summed E-state index contributed by atoms with van der Waals surface area (Å²) in [5.41, 5.74) is 7.36. The molecule has 3 rings (SSSR count). The summed E-state index contributed by atoms with van der Waals surface area (Å²) in [6, 6.07) is 15.1. The predicted octanol–water partition coefficient (Wildman–Crippen LogP) is 2.68. The number of hydrogen-bond acceptors (Lipinski definition) is 6. The number of aromatic nitrogens is 2. The zero-order valence-corrected chi connectivity index (χ0v) is 11.9. The second-order valence-corrected chi connectivity index (χ2v) is 4.84. The van der Waals surface area contributed by atoms with Crippen molar-refractivity contribution in [3.05, 3.63) is 54.1 Å². The predicted molar refractivity (Wildman–Crippen MR) is 85.4 cm³/mol. The molecule has 0 saturated heterocycles. The first kappa shape index (κ1) is 14.4. The van der Waals surface area contributed by atoms with E-state index >= 15 is 0 Å². The molecule has 0 radical (unpaired) electrons. The Labute approximate surface area is 132 Å². The molecule has 0 aliphatic rings. The number of aromatic hydroxyl groups is 2. The SMILES string of the molecule is N#Cc1c(N)nc(-c2cc(O)ccc2O)nc1-c1ccccc1. The first-order valence-electron chi connectivity index (χ1n) is 6.75. The van der Waals surface area contributed by atoms with Crippen LogP contribution in [0.4, 0.5) is 5.82 Å². The molecule has 23 heavy (non-hydrogen) atoms. The normalized spacial score (nSPS) is 10.2. The summed E-state index contributed by atoms with van der Waals surface area (Å²) in [6.45, 7) is 0. The van der Waals surface area contributed by atoms with Crippen molar-refractivity contribution >= 4 is 5.82 Å². The molecule has 0 saturated carbocycles. The van der Waals surface area contributed by atoms with Gasteiger partial charge in [0.05, 0.1) is 11.3 Å². The van der Waals surface area contributed by atoms with Crippen LogP contribution in [0.25, 0.3) is 22.6 Å². The zero-order valence-electron chi connectivity index (χ0n) is 11.9. The molecule has 0 amide bonds. The van der Waals surface area contributed by atoms with E-state index in [1.54, 1.807) is 12.1 Å². The maximum atomic E-state index is 9.97. The first-order chi connectivity index (χ1) is 11.1. The fourth-order valence-corrected chi connectivity index (χ4v) is 2.22. The average molecular weight is 304 g/mol. The third-order valence-electron chi connectivity index (χ3n) is 3.32. The number of nitrogens with zero attached hydrogens (tertiary/aromatic N) is 3. The third-order valence-corrected chi connectivity index (χ3v) is 3.32. The molecular formula is C17H12N4O2. The van der Waals surface area contributed by atoms with Crippen LogP contribution in [0.5, 0.6) is 11.5 Å². The Hall–Kier alpha value is -3.59. The highest BCUT2D eigenvalue weighted by Gasteiger charge is 2.17. The van der Waals surface area contributed by atoms with Crippen LogP contribution in [0.15, 0.2) is 48.5 Å². The van der Waals surface area contributed by atoms with Crippen LogP contribution < -0.4 is 5.73 Å². The van der Waals surface area contributed by atoms with Crippen molar-refractivity contribution < 1.29 is 10.2 Å². The summed E-state index contributed by atoms with van der Waals surface area (Å²) in [5, 5.41) is 28.9. The molecule has 4 N–H and O–H groups in total. The molecule has 1 aromatic heterocycles. The molecule has 0 aliphatic heterocycles. The van der Waals surface area contributed by atoms with E-state index in [9.17, 15) is 15.5 Å². The van der Waals surface area contributed by atoms with Gasteiger partial charge < -0.3 is 15.9 Å². The number of phenols is 2.